The summed E-state index contributed by atoms with van der Waals surface area (Å²) in [5, 5.41) is 11.7. The number of aromatic nitrogens is 2. The molecule has 1 atom stereocenters. The number of nitrogen functional groups attached to an aromatic ring is 1. The molecule has 30 heavy (non-hydrogen) atoms. The van der Waals surface area contributed by atoms with Crippen LogP contribution in [0.3, 0.4) is 0 Å². The molecule has 0 spiro atoms. The molecule has 1 aromatic carbocycles. The number of anilines is 3. The Labute approximate surface area is 176 Å². The van der Waals surface area contributed by atoms with Crippen molar-refractivity contribution in [3.63, 3.8) is 0 Å². The largest absolute Gasteiger partial charge is 0.378 e. The van der Waals surface area contributed by atoms with E-state index >= 15 is 0 Å². The number of nitrogens with zero attached hydrogens (tertiary/aromatic N) is 6. The Morgan fingerprint density at radius 2 is 1.83 bits per heavy atom. The zero-order chi connectivity index (χ0) is 21.1. The Morgan fingerprint density at radius 1 is 1.10 bits per heavy atom. The highest BCUT2D eigenvalue weighted by atomic mass is 16.6. The molecule has 2 aliphatic heterocycles. The topological polar surface area (TPSA) is 105 Å². The fourth-order valence-corrected chi connectivity index (χ4v) is 4.31. The predicted octanol–water partition coefficient (Wildman–Crippen LogP) is 2.53. The molecular formula is C21H29N7O2. The molecule has 2 N–H and O–H groups in total. The summed E-state index contributed by atoms with van der Waals surface area (Å²) < 4.78 is 0. The molecule has 1 aromatic heterocycles. The van der Waals surface area contributed by atoms with E-state index in [9.17, 15) is 10.1 Å². The summed E-state index contributed by atoms with van der Waals surface area (Å²) in [5.41, 5.74) is 7.17. The van der Waals surface area contributed by atoms with Gasteiger partial charge in [0.05, 0.1) is 4.92 Å². The van der Waals surface area contributed by atoms with Gasteiger partial charge < -0.3 is 15.5 Å². The Hall–Kier alpha value is -2.94. The van der Waals surface area contributed by atoms with Crippen LogP contribution in [0.5, 0.6) is 0 Å². The maximum Gasteiger partial charge on any atom is 0.353 e. The van der Waals surface area contributed by atoms with Gasteiger partial charge in [-0.25, -0.2) is 0 Å². The highest BCUT2D eigenvalue weighted by molar-refractivity contribution is 5.71. The monoisotopic (exact) mass is 411 g/mol. The number of hydrogen-bond donors (Lipinski definition) is 1. The molecule has 9 heteroatoms. The van der Waals surface area contributed by atoms with Gasteiger partial charge in [-0.05, 0) is 24.3 Å². The van der Waals surface area contributed by atoms with Crippen molar-refractivity contribution in [2.24, 2.45) is 5.92 Å². The molecule has 2 saturated heterocycles. The molecule has 2 aromatic rings. The molecule has 9 nitrogen and oxygen atoms in total. The first-order chi connectivity index (χ1) is 14.5. The average molecular weight is 412 g/mol. The van der Waals surface area contributed by atoms with Crippen LogP contribution in [0, 0.1) is 16.0 Å². The SMILES string of the molecule is CC1CCCN(c2nc(N3CCN(Cc4ccccc4)CC3)nc(N)c2[N+](=O)[O-])C1. The molecule has 0 radical (unpaired) electrons. The number of piperidine rings is 1. The third-order valence-corrected chi connectivity index (χ3v) is 5.92. The number of nitrogens with two attached hydrogens (primary N) is 1. The van der Waals surface area contributed by atoms with Gasteiger partial charge in [0.1, 0.15) is 0 Å². The van der Waals surface area contributed by atoms with Crippen LogP contribution >= 0.6 is 0 Å². The van der Waals surface area contributed by atoms with Crippen LogP contribution in [0.1, 0.15) is 25.3 Å². The Kier molecular flexibility index (Phi) is 5.98. The summed E-state index contributed by atoms with van der Waals surface area (Å²) in [6, 6.07) is 10.4. The second kappa shape index (κ2) is 8.83. The first-order valence-corrected chi connectivity index (χ1v) is 10.6. The molecule has 0 saturated carbocycles. The molecular weight excluding hydrogens is 382 g/mol. The molecule has 1 unspecified atom stereocenters. The van der Waals surface area contributed by atoms with Crippen molar-refractivity contribution >= 4 is 23.3 Å². The van der Waals surface area contributed by atoms with Gasteiger partial charge in [0.2, 0.25) is 17.6 Å². The van der Waals surface area contributed by atoms with Crippen LogP contribution in [0.2, 0.25) is 0 Å². The first-order valence-electron chi connectivity index (χ1n) is 10.6. The highest BCUT2D eigenvalue weighted by Crippen LogP contribution is 2.35. The van der Waals surface area contributed by atoms with Crippen molar-refractivity contribution in [1.82, 2.24) is 14.9 Å². The standard InChI is InChI=1S/C21H29N7O2/c1-16-6-5-9-27(14-16)20-18(28(29)30)19(22)23-21(24-20)26-12-10-25(11-13-26)15-17-7-3-2-4-8-17/h2-4,7-8,16H,5-6,9-15H2,1H3,(H2,22,23,24). The van der Waals surface area contributed by atoms with Crippen molar-refractivity contribution in [3.8, 4) is 0 Å². The molecule has 2 aliphatic rings. The number of hydrogen-bond acceptors (Lipinski definition) is 8. The maximum absolute atomic E-state index is 11.7. The van der Waals surface area contributed by atoms with E-state index < -0.39 is 4.92 Å². The first kappa shape index (κ1) is 20.3. The fourth-order valence-electron chi connectivity index (χ4n) is 4.31. The van der Waals surface area contributed by atoms with Crippen molar-refractivity contribution in [3.05, 3.63) is 46.0 Å². The molecule has 160 valence electrons. The normalized spacial score (nSPS) is 20.4. The molecule has 2 fully saturated rings. The second-order valence-electron chi connectivity index (χ2n) is 8.28. The lowest BCUT2D eigenvalue weighted by Gasteiger charge is -2.36. The van der Waals surface area contributed by atoms with Crippen molar-refractivity contribution in [1.29, 1.82) is 0 Å². The number of benzene rings is 1. The van der Waals surface area contributed by atoms with Crippen LogP contribution in [-0.2, 0) is 6.54 Å². The Bertz CT molecular complexity index is 884. The van der Waals surface area contributed by atoms with Crippen molar-refractivity contribution in [2.75, 3.05) is 54.8 Å². The Balaban J connectivity index is 1.51. The zero-order valence-electron chi connectivity index (χ0n) is 17.4. The van der Waals surface area contributed by atoms with Gasteiger partial charge in [-0.3, -0.25) is 15.0 Å². The molecule has 0 bridgehead atoms. The second-order valence-corrected chi connectivity index (χ2v) is 8.28. The van der Waals surface area contributed by atoms with E-state index in [-0.39, 0.29) is 11.5 Å². The predicted molar refractivity (Wildman–Crippen MR) is 118 cm³/mol. The van der Waals surface area contributed by atoms with Gasteiger partial charge in [-0.2, -0.15) is 9.97 Å². The van der Waals surface area contributed by atoms with Gasteiger partial charge in [0.15, 0.2) is 0 Å². The summed E-state index contributed by atoms with van der Waals surface area (Å²) in [4.78, 5) is 26.6. The van der Waals surface area contributed by atoms with Gasteiger partial charge in [0, 0.05) is 45.8 Å². The number of rotatable bonds is 5. The van der Waals surface area contributed by atoms with Crippen molar-refractivity contribution in [2.45, 2.75) is 26.3 Å². The molecule has 3 heterocycles. The van der Waals surface area contributed by atoms with E-state index in [0.717, 1.165) is 58.7 Å². The van der Waals surface area contributed by atoms with Gasteiger partial charge in [-0.15, -0.1) is 0 Å². The Morgan fingerprint density at radius 3 is 2.50 bits per heavy atom. The molecule has 4 rings (SSSR count). The van der Waals surface area contributed by atoms with E-state index in [2.05, 4.69) is 51.0 Å². The number of nitro groups is 1. The smallest absolute Gasteiger partial charge is 0.353 e. The highest BCUT2D eigenvalue weighted by Gasteiger charge is 2.31. The molecule has 0 amide bonds. The minimum atomic E-state index is -0.453. The minimum Gasteiger partial charge on any atom is -0.378 e. The van der Waals surface area contributed by atoms with Crippen LogP contribution in [0.15, 0.2) is 30.3 Å². The quantitative estimate of drug-likeness (QED) is 0.591. The summed E-state index contributed by atoms with van der Waals surface area (Å²) >= 11 is 0. The lowest BCUT2D eigenvalue weighted by molar-refractivity contribution is -0.383. The van der Waals surface area contributed by atoms with Crippen LogP contribution in [0.4, 0.5) is 23.3 Å². The summed E-state index contributed by atoms with van der Waals surface area (Å²) in [6.07, 6.45) is 2.12. The summed E-state index contributed by atoms with van der Waals surface area (Å²) in [7, 11) is 0. The van der Waals surface area contributed by atoms with Crippen molar-refractivity contribution < 1.29 is 4.92 Å². The summed E-state index contributed by atoms with van der Waals surface area (Å²) in [6.45, 7) is 7.87. The van der Waals surface area contributed by atoms with E-state index in [1.165, 1.54) is 5.56 Å². The van der Waals surface area contributed by atoms with Gasteiger partial charge >= 0.3 is 5.69 Å². The van der Waals surface area contributed by atoms with E-state index in [0.29, 0.717) is 17.7 Å². The van der Waals surface area contributed by atoms with Crippen LogP contribution < -0.4 is 15.5 Å². The fraction of sp³-hybridized carbons (Fsp3) is 0.524. The van der Waals surface area contributed by atoms with Gasteiger partial charge in [0.25, 0.3) is 0 Å². The van der Waals surface area contributed by atoms with E-state index in [1.54, 1.807) is 0 Å². The third-order valence-electron chi connectivity index (χ3n) is 5.92. The lowest BCUT2D eigenvalue weighted by Crippen LogP contribution is -2.46. The third kappa shape index (κ3) is 4.46. The maximum atomic E-state index is 11.7. The lowest BCUT2D eigenvalue weighted by atomic mass is 10.0. The van der Waals surface area contributed by atoms with E-state index in [1.807, 2.05) is 11.0 Å². The average Bonchev–Trinajstić information content (AvgIpc) is 2.74. The van der Waals surface area contributed by atoms with Crippen LogP contribution in [0.25, 0.3) is 0 Å². The number of piperazine rings is 1. The minimum absolute atomic E-state index is 0.0510. The van der Waals surface area contributed by atoms with Crippen LogP contribution in [-0.4, -0.2) is 59.1 Å². The van der Waals surface area contributed by atoms with Gasteiger partial charge in [-0.1, -0.05) is 37.3 Å². The zero-order valence-corrected chi connectivity index (χ0v) is 17.4. The summed E-state index contributed by atoms with van der Waals surface area (Å²) in [5.74, 6) is 1.27. The molecule has 0 aliphatic carbocycles. The van der Waals surface area contributed by atoms with E-state index in [4.69, 9.17) is 5.73 Å².